The van der Waals surface area contributed by atoms with Crippen molar-refractivity contribution in [2.24, 2.45) is 0 Å². The van der Waals surface area contributed by atoms with E-state index in [2.05, 4.69) is 0 Å². The predicted molar refractivity (Wildman–Crippen MR) is 87.7 cm³/mol. The monoisotopic (exact) mass is 341 g/mol. The lowest BCUT2D eigenvalue weighted by atomic mass is 9.84. The van der Waals surface area contributed by atoms with Gasteiger partial charge < -0.3 is 0 Å². The molecule has 0 aromatic heterocycles. The molecule has 4 rings (SSSR count). The lowest BCUT2D eigenvalue weighted by Gasteiger charge is -2.20. The van der Waals surface area contributed by atoms with Gasteiger partial charge in [0.05, 0.1) is 4.90 Å². The van der Waals surface area contributed by atoms with Crippen molar-refractivity contribution in [3.05, 3.63) is 64.7 Å². The maximum Gasteiger partial charge on any atom is 0.243 e. The Morgan fingerprint density at radius 3 is 1.92 bits per heavy atom. The summed E-state index contributed by atoms with van der Waals surface area (Å²) in [5.74, 6) is -0.552. The molecule has 1 fully saturated rings. The summed E-state index contributed by atoms with van der Waals surface area (Å²) < 4.78 is 26.8. The maximum atomic E-state index is 12.7. The molecule has 0 amide bonds. The van der Waals surface area contributed by atoms with Crippen LogP contribution in [0.5, 0.6) is 0 Å². The number of carbonyl (C=O) groups excluding carboxylic acids is 2. The molecule has 0 bridgehead atoms. The minimum atomic E-state index is -3.62. The second-order valence-electron chi connectivity index (χ2n) is 6.02. The minimum absolute atomic E-state index is 0.0729. The van der Waals surface area contributed by atoms with Gasteiger partial charge in [-0.05, 0) is 31.0 Å². The topological polar surface area (TPSA) is 71.5 Å². The number of rotatable bonds is 2. The van der Waals surface area contributed by atoms with Gasteiger partial charge in [-0.15, -0.1) is 0 Å². The number of sulfonamides is 1. The Labute approximate surface area is 140 Å². The molecular formula is C18H15NO4S. The first-order chi connectivity index (χ1) is 11.5. The number of fused-ring (bicyclic) bond motifs is 2. The predicted octanol–water partition coefficient (Wildman–Crippen LogP) is 2.25. The molecule has 2 aliphatic rings. The van der Waals surface area contributed by atoms with Gasteiger partial charge in [-0.3, -0.25) is 9.59 Å². The van der Waals surface area contributed by atoms with E-state index in [9.17, 15) is 18.0 Å². The molecule has 0 unspecified atom stereocenters. The van der Waals surface area contributed by atoms with Gasteiger partial charge >= 0.3 is 0 Å². The summed E-state index contributed by atoms with van der Waals surface area (Å²) in [4.78, 5) is 25.3. The van der Waals surface area contributed by atoms with Crippen LogP contribution in [0.4, 0.5) is 0 Å². The van der Waals surface area contributed by atoms with Crippen LogP contribution in [0.25, 0.3) is 0 Å². The van der Waals surface area contributed by atoms with Gasteiger partial charge in [-0.25, -0.2) is 8.42 Å². The van der Waals surface area contributed by atoms with Crippen LogP contribution < -0.4 is 0 Å². The molecule has 6 heteroatoms. The fraction of sp³-hybridized carbons (Fsp3) is 0.222. The van der Waals surface area contributed by atoms with Gasteiger partial charge in [0.2, 0.25) is 10.0 Å². The SMILES string of the molecule is O=C1c2ccccc2C(=O)c2cc(S(=O)(=O)N3CCCC3)ccc21. The third-order valence-electron chi connectivity index (χ3n) is 4.60. The standard InChI is InChI=1S/C18H15NO4S/c20-17-13-5-1-2-6-14(13)18(21)16-11-12(7-8-15(16)17)24(22,23)19-9-3-4-10-19/h1-2,5-8,11H,3-4,9-10H2. The molecule has 5 nitrogen and oxygen atoms in total. The molecule has 122 valence electrons. The number of ketones is 2. The van der Waals surface area contributed by atoms with Crippen LogP contribution in [0.1, 0.15) is 44.7 Å². The van der Waals surface area contributed by atoms with Gasteiger partial charge in [0.1, 0.15) is 0 Å². The van der Waals surface area contributed by atoms with Crippen LogP contribution in [0, 0.1) is 0 Å². The normalized spacial score (nSPS) is 17.7. The number of carbonyl (C=O) groups is 2. The van der Waals surface area contributed by atoms with Crippen molar-refractivity contribution in [3.8, 4) is 0 Å². The molecule has 2 aromatic rings. The number of hydrogen-bond acceptors (Lipinski definition) is 4. The van der Waals surface area contributed by atoms with Crippen molar-refractivity contribution in [1.29, 1.82) is 0 Å². The van der Waals surface area contributed by atoms with E-state index in [-0.39, 0.29) is 27.6 Å². The second-order valence-corrected chi connectivity index (χ2v) is 7.96. The summed E-state index contributed by atoms with van der Waals surface area (Å²) in [6.45, 7) is 0.990. The lowest BCUT2D eigenvalue weighted by molar-refractivity contribution is 0.0979. The van der Waals surface area contributed by atoms with Crippen molar-refractivity contribution in [2.45, 2.75) is 17.7 Å². The molecule has 0 radical (unpaired) electrons. The van der Waals surface area contributed by atoms with E-state index < -0.39 is 10.0 Å². The molecule has 1 aliphatic carbocycles. The van der Waals surface area contributed by atoms with E-state index in [1.807, 2.05) is 0 Å². The smallest absolute Gasteiger partial charge is 0.243 e. The Kier molecular flexibility index (Phi) is 3.40. The van der Waals surface area contributed by atoms with Crippen molar-refractivity contribution >= 4 is 21.6 Å². The third kappa shape index (κ3) is 2.14. The third-order valence-corrected chi connectivity index (χ3v) is 6.49. The van der Waals surface area contributed by atoms with Crippen molar-refractivity contribution < 1.29 is 18.0 Å². The number of benzene rings is 2. The van der Waals surface area contributed by atoms with E-state index in [1.54, 1.807) is 24.3 Å². The van der Waals surface area contributed by atoms with Crippen LogP contribution >= 0.6 is 0 Å². The zero-order valence-corrected chi connectivity index (χ0v) is 13.7. The zero-order valence-electron chi connectivity index (χ0n) is 12.9. The fourth-order valence-corrected chi connectivity index (χ4v) is 4.86. The van der Waals surface area contributed by atoms with E-state index in [4.69, 9.17) is 0 Å². The van der Waals surface area contributed by atoms with Crippen LogP contribution in [-0.4, -0.2) is 37.4 Å². The zero-order chi connectivity index (χ0) is 16.9. The van der Waals surface area contributed by atoms with E-state index in [0.717, 1.165) is 12.8 Å². The second kappa shape index (κ2) is 5.36. The molecule has 2 aromatic carbocycles. The molecule has 0 spiro atoms. The van der Waals surface area contributed by atoms with Crippen LogP contribution in [0.3, 0.4) is 0 Å². The van der Waals surface area contributed by atoms with Gasteiger partial charge in [0.25, 0.3) is 0 Å². The Balaban J connectivity index is 1.84. The average molecular weight is 341 g/mol. The highest BCUT2D eigenvalue weighted by molar-refractivity contribution is 7.89. The molecule has 1 heterocycles. The summed E-state index contributed by atoms with van der Waals surface area (Å²) in [5.41, 5.74) is 1.12. The Hall–Kier alpha value is -2.31. The highest BCUT2D eigenvalue weighted by atomic mass is 32.2. The first-order valence-electron chi connectivity index (χ1n) is 7.83. The van der Waals surface area contributed by atoms with Crippen LogP contribution in [-0.2, 0) is 10.0 Å². The van der Waals surface area contributed by atoms with Crippen LogP contribution in [0.15, 0.2) is 47.4 Å². The molecule has 1 saturated heterocycles. The largest absolute Gasteiger partial charge is 0.289 e. The summed E-state index contributed by atoms with van der Waals surface area (Å²) >= 11 is 0. The van der Waals surface area contributed by atoms with E-state index in [0.29, 0.717) is 24.2 Å². The van der Waals surface area contributed by atoms with E-state index >= 15 is 0 Å². The molecular weight excluding hydrogens is 326 g/mol. The van der Waals surface area contributed by atoms with Crippen molar-refractivity contribution in [1.82, 2.24) is 4.31 Å². The first-order valence-corrected chi connectivity index (χ1v) is 9.27. The number of nitrogens with zero attached hydrogens (tertiary/aromatic N) is 1. The summed E-state index contributed by atoms with van der Waals surface area (Å²) in [5, 5.41) is 0. The number of hydrogen-bond donors (Lipinski definition) is 0. The Morgan fingerprint density at radius 2 is 1.29 bits per heavy atom. The van der Waals surface area contributed by atoms with Gasteiger partial charge in [-0.2, -0.15) is 4.31 Å². The Morgan fingerprint density at radius 1 is 0.750 bits per heavy atom. The van der Waals surface area contributed by atoms with Gasteiger partial charge in [-0.1, -0.05) is 24.3 Å². The minimum Gasteiger partial charge on any atom is -0.289 e. The van der Waals surface area contributed by atoms with Crippen molar-refractivity contribution in [3.63, 3.8) is 0 Å². The van der Waals surface area contributed by atoms with Gasteiger partial charge in [0, 0.05) is 35.3 Å². The highest BCUT2D eigenvalue weighted by Gasteiger charge is 2.33. The lowest BCUT2D eigenvalue weighted by Crippen LogP contribution is -2.28. The van der Waals surface area contributed by atoms with Gasteiger partial charge in [0.15, 0.2) is 11.6 Å². The summed E-state index contributed by atoms with van der Waals surface area (Å²) in [6, 6.07) is 10.8. The fourth-order valence-electron chi connectivity index (χ4n) is 3.32. The molecule has 0 N–H and O–H groups in total. The molecule has 1 aliphatic heterocycles. The summed E-state index contributed by atoms with van der Waals surface area (Å²) in [7, 11) is -3.62. The van der Waals surface area contributed by atoms with E-state index in [1.165, 1.54) is 22.5 Å². The van der Waals surface area contributed by atoms with Crippen LogP contribution in [0.2, 0.25) is 0 Å². The maximum absolute atomic E-state index is 12.7. The summed E-state index contributed by atoms with van der Waals surface area (Å²) in [6.07, 6.45) is 1.68. The highest BCUT2D eigenvalue weighted by Crippen LogP contribution is 2.30. The average Bonchev–Trinajstić information content (AvgIpc) is 3.14. The molecule has 0 saturated carbocycles. The first kappa shape index (κ1) is 15.2. The van der Waals surface area contributed by atoms with Crippen molar-refractivity contribution in [2.75, 3.05) is 13.1 Å². The quantitative estimate of drug-likeness (QED) is 0.717. The Bertz CT molecular complexity index is 972. The molecule has 24 heavy (non-hydrogen) atoms. The molecule has 0 atom stereocenters.